The molecule has 0 saturated carbocycles. The SMILES string of the molecule is CCCCCC(C)(C)OC(=O)C1(CCCCC(C)(C)C)OO1. The Balaban J connectivity index is 2.34. The van der Waals surface area contributed by atoms with Crippen molar-refractivity contribution in [3.05, 3.63) is 0 Å². The van der Waals surface area contributed by atoms with Crippen LogP contribution in [-0.2, 0) is 19.3 Å². The minimum Gasteiger partial charge on any atom is -0.456 e. The molecule has 4 nitrogen and oxygen atoms in total. The second kappa shape index (κ2) is 7.78. The molecule has 1 aliphatic rings. The number of rotatable bonds is 10. The van der Waals surface area contributed by atoms with E-state index in [1.807, 2.05) is 13.8 Å². The van der Waals surface area contributed by atoms with Crippen LogP contribution in [0.5, 0.6) is 0 Å². The summed E-state index contributed by atoms with van der Waals surface area (Å²) in [5.74, 6) is -1.50. The average Bonchev–Trinajstić information content (AvgIpc) is 3.14. The Hall–Kier alpha value is -0.610. The third-order valence-corrected chi connectivity index (χ3v) is 4.03. The lowest BCUT2D eigenvalue weighted by Gasteiger charge is -2.26. The molecule has 0 unspecified atom stereocenters. The van der Waals surface area contributed by atoms with Gasteiger partial charge in [0.15, 0.2) is 0 Å². The first-order valence-corrected chi connectivity index (χ1v) is 8.71. The highest BCUT2D eigenvalue weighted by Gasteiger charge is 2.58. The maximum absolute atomic E-state index is 12.3. The summed E-state index contributed by atoms with van der Waals surface area (Å²) in [6, 6.07) is 0. The predicted octanol–water partition coefficient (Wildman–Crippen LogP) is 5.15. The Labute approximate surface area is 135 Å². The molecule has 0 aliphatic carbocycles. The van der Waals surface area contributed by atoms with Gasteiger partial charge in [-0.05, 0) is 44.9 Å². The number of hydrogen-bond donors (Lipinski definition) is 0. The zero-order valence-electron chi connectivity index (χ0n) is 15.3. The summed E-state index contributed by atoms with van der Waals surface area (Å²) in [5, 5.41) is 0. The molecule has 1 heterocycles. The van der Waals surface area contributed by atoms with Gasteiger partial charge < -0.3 is 4.74 Å². The fourth-order valence-electron chi connectivity index (χ4n) is 2.50. The van der Waals surface area contributed by atoms with Crippen molar-refractivity contribution in [3.63, 3.8) is 0 Å². The molecule has 0 radical (unpaired) electrons. The zero-order chi connectivity index (χ0) is 16.9. The van der Waals surface area contributed by atoms with Crippen LogP contribution >= 0.6 is 0 Å². The van der Waals surface area contributed by atoms with E-state index in [1.165, 1.54) is 0 Å². The molecule has 0 bridgehead atoms. The molecule has 0 spiro atoms. The number of esters is 1. The molecule has 1 fully saturated rings. The highest BCUT2D eigenvalue weighted by Crippen LogP contribution is 2.38. The number of carbonyl (C=O) groups is 1. The molecular formula is C18H34O4. The lowest BCUT2D eigenvalue weighted by Crippen LogP contribution is -2.36. The molecule has 0 atom stereocenters. The quantitative estimate of drug-likeness (QED) is 0.242. The van der Waals surface area contributed by atoms with E-state index in [9.17, 15) is 4.79 Å². The molecule has 0 amide bonds. The fraction of sp³-hybridized carbons (Fsp3) is 0.944. The Morgan fingerprint density at radius 3 is 2.05 bits per heavy atom. The van der Waals surface area contributed by atoms with Gasteiger partial charge in [0, 0.05) is 6.42 Å². The van der Waals surface area contributed by atoms with Crippen LogP contribution in [0, 0.1) is 5.41 Å². The number of hydrogen-bond acceptors (Lipinski definition) is 4. The zero-order valence-corrected chi connectivity index (χ0v) is 15.3. The minimum absolute atomic E-state index is 0.320. The van der Waals surface area contributed by atoms with Crippen LogP contribution in [0.1, 0.15) is 92.9 Å². The summed E-state index contributed by atoms with van der Waals surface area (Å²) < 4.78 is 5.62. The molecule has 1 aliphatic heterocycles. The van der Waals surface area contributed by atoms with Crippen molar-refractivity contribution in [2.45, 2.75) is 104 Å². The highest BCUT2D eigenvalue weighted by molar-refractivity contribution is 5.79. The summed E-state index contributed by atoms with van der Waals surface area (Å²) >= 11 is 0. The van der Waals surface area contributed by atoms with Crippen LogP contribution in [0.25, 0.3) is 0 Å². The van der Waals surface area contributed by atoms with Gasteiger partial charge in [0.05, 0.1) is 0 Å². The number of unbranched alkanes of at least 4 members (excludes halogenated alkanes) is 3. The summed E-state index contributed by atoms with van der Waals surface area (Å²) in [7, 11) is 0. The highest BCUT2D eigenvalue weighted by atomic mass is 17.4. The minimum atomic E-state index is -1.13. The van der Waals surface area contributed by atoms with Gasteiger partial charge >= 0.3 is 11.8 Å². The Morgan fingerprint density at radius 1 is 0.955 bits per heavy atom. The molecule has 0 aromatic heterocycles. The lowest BCUT2D eigenvalue weighted by atomic mass is 9.89. The predicted molar refractivity (Wildman–Crippen MR) is 87.1 cm³/mol. The monoisotopic (exact) mass is 314 g/mol. The van der Waals surface area contributed by atoms with E-state index in [4.69, 9.17) is 14.5 Å². The van der Waals surface area contributed by atoms with Gasteiger partial charge in [0.2, 0.25) is 0 Å². The topological polar surface area (TPSA) is 51.4 Å². The van der Waals surface area contributed by atoms with Gasteiger partial charge in [-0.2, -0.15) is 9.78 Å². The van der Waals surface area contributed by atoms with E-state index in [0.29, 0.717) is 11.8 Å². The van der Waals surface area contributed by atoms with Crippen molar-refractivity contribution in [2.24, 2.45) is 5.41 Å². The van der Waals surface area contributed by atoms with Crippen molar-refractivity contribution in [2.75, 3.05) is 0 Å². The molecule has 0 aromatic rings. The third kappa shape index (κ3) is 7.10. The Morgan fingerprint density at radius 2 is 1.55 bits per heavy atom. The van der Waals surface area contributed by atoms with Crippen molar-refractivity contribution in [1.29, 1.82) is 0 Å². The van der Waals surface area contributed by atoms with E-state index < -0.39 is 11.4 Å². The van der Waals surface area contributed by atoms with Gasteiger partial charge in [-0.15, -0.1) is 0 Å². The van der Waals surface area contributed by atoms with Gasteiger partial charge in [-0.1, -0.05) is 47.0 Å². The summed E-state index contributed by atoms with van der Waals surface area (Å²) in [4.78, 5) is 22.3. The van der Waals surface area contributed by atoms with Crippen LogP contribution in [0.2, 0.25) is 0 Å². The standard InChI is InChI=1S/C18H34O4/c1-7-8-9-13-17(5,6)20-15(19)18(21-22-18)14-11-10-12-16(2,3)4/h7-14H2,1-6H3. The van der Waals surface area contributed by atoms with E-state index in [0.717, 1.165) is 44.9 Å². The largest absolute Gasteiger partial charge is 0.456 e. The maximum atomic E-state index is 12.3. The van der Waals surface area contributed by atoms with Crippen LogP contribution in [0.3, 0.4) is 0 Å². The van der Waals surface area contributed by atoms with Crippen LogP contribution in [0.15, 0.2) is 0 Å². The average molecular weight is 314 g/mol. The van der Waals surface area contributed by atoms with Crippen molar-refractivity contribution in [3.8, 4) is 0 Å². The van der Waals surface area contributed by atoms with Crippen molar-refractivity contribution < 1.29 is 19.3 Å². The number of ether oxygens (including phenoxy) is 1. The first-order chi connectivity index (χ1) is 10.1. The second-order valence-electron chi connectivity index (χ2n) is 8.29. The van der Waals surface area contributed by atoms with Gasteiger partial charge in [-0.25, -0.2) is 4.79 Å². The van der Waals surface area contributed by atoms with Crippen LogP contribution in [0.4, 0.5) is 0 Å². The third-order valence-electron chi connectivity index (χ3n) is 4.03. The van der Waals surface area contributed by atoms with E-state index >= 15 is 0 Å². The smallest absolute Gasteiger partial charge is 0.373 e. The van der Waals surface area contributed by atoms with Crippen LogP contribution in [-0.4, -0.2) is 17.4 Å². The molecule has 0 aromatic carbocycles. The summed E-state index contributed by atoms with van der Waals surface area (Å²) in [6.07, 6.45) is 7.92. The maximum Gasteiger partial charge on any atom is 0.373 e. The van der Waals surface area contributed by atoms with Gasteiger partial charge in [-0.3, -0.25) is 0 Å². The van der Waals surface area contributed by atoms with E-state index in [2.05, 4.69) is 27.7 Å². The second-order valence-corrected chi connectivity index (χ2v) is 8.29. The van der Waals surface area contributed by atoms with E-state index in [-0.39, 0.29) is 5.97 Å². The molecule has 130 valence electrons. The fourth-order valence-corrected chi connectivity index (χ4v) is 2.50. The Bertz CT molecular complexity index is 351. The summed E-state index contributed by atoms with van der Waals surface area (Å²) in [6.45, 7) is 12.7. The summed E-state index contributed by atoms with van der Waals surface area (Å²) in [5.41, 5.74) is -0.139. The number of carbonyl (C=O) groups excluding carboxylic acids is 1. The molecular weight excluding hydrogens is 280 g/mol. The van der Waals surface area contributed by atoms with Gasteiger partial charge in [0.1, 0.15) is 5.60 Å². The Kier molecular flexibility index (Phi) is 6.87. The van der Waals surface area contributed by atoms with Crippen molar-refractivity contribution >= 4 is 5.97 Å². The lowest BCUT2D eigenvalue weighted by molar-refractivity contribution is -0.165. The first-order valence-electron chi connectivity index (χ1n) is 8.71. The van der Waals surface area contributed by atoms with Crippen molar-refractivity contribution in [1.82, 2.24) is 0 Å². The molecule has 4 heteroatoms. The molecule has 1 saturated heterocycles. The van der Waals surface area contributed by atoms with Crippen LogP contribution < -0.4 is 0 Å². The normalized spacial score (nSPS) is 17.4. The molecule has 22 heavy (non-hydrogen) atoms. The molecule has 1 rings (SSSR count). The van der Waals surface area contributed by atoms with E-state index in [1.54, 1.807) is 0 Å². The molecule has 0 N–H and O–H groups in total. The van der Waals surface area contributed by atoms with Gasteiger partial charge in [0.25, 0.3) is 0 Å². The first kappa shape index (κ1) is 19.4.